The molecule has 0 fully saturated rings. The molecule has 3 heterocycles. The summed E-state index contributed by atoms with van der Waals surface area (Å²) in [6.45, 7) is 1.92. The number of anilines is 1. The Morgan fingerprint density at radius 1 is 1.12 bits per heavy atom. The number of fused-ring (bicyclic) bond motifs is 2. The van der Waals surface area contributed by atoms with Gasteiger partial charge >= 0.3 is 12.1 Å². The number of amides is 4. The second kappa shape index (κ2) is 9.02. The Kier molecular flexibility index (Phi) is 6.14. The highest BCUT2D eigenvalue weighted by atomic mass is 32.1. The Morgan fingerprint density at radius 2 is 1.79 bits per heavy atom. The fraction of sp³-hybridized carbons (Fsp3) is 0.318. The molecule has 33 heavy (non-hydrogen) atoms. The van der Waals surface area contributed by atoms with Crippen LogP contribution in [0.3, 0.4) is 0 Å². The van der Waals surface area contributed by atoms with Crippen LogP contribution in [0.25, 0.3) is 0 Å². The molecule has 0 aliphatic carbocycles. The summed E-state index contributed by atoms with van der Waals surface area (Å²) in [6, 6.07) is 6.36. The number of hydrogen-bond acceptors (Lipinski definition) is 8. The second-order valence-electron chi connectivity index (χ2n) is 7.36. The number of benzene rings is 1. The molecule has 0 saturated heterocycles. The van der Waals surface area contributed by atoms with Gasteiger partial charge < -0.3 is 19.7 Å². The van der Waals surface area contributed by atoms with Gasteiger partial charge in [-0.05, 0) is 31.0 Å². The zero-order chi connectivity index (χ0) is 23.7. The molecular weight excluding hydrogens is 450 g/mol. The predicted octanol–water partition coefficient (Wildman–Crippen LogP) is 2.28. The third-order valence-corrected chi connectivity index (χ3v) is 6.53. The van der Waals surface area contributed by atoms with Crippen LogP contribution in [0.4, 0.5) is 9.80 Å². The number of esters is 1. The first-order chi connectivity index (χ1) is 15.8. The molecule has 2 aliphatic heterocycles. The van der Waals surface area contributed by atoms with Crippen LogP contribution in [0.5, 0.6) is 0 Å². The number of thiophene rings is 1. The van der Waals surface area contributed by atoms with Crippen LogP contribution >= 0.6 is 11.3 Å². The van der Waals surface area contributed by atoms with E-state index in [1.165, 1.54) is 24.1 Å². The normalized spacial score (nSPS) is 14.6. The lowest BCUT2D eigenvalue weighted by Crippen LogP contribution is -2.37. The van der Waals surface area contributed by atoms with E-state index >= 15 is 0 Å². The van der Waals surface area contributed by atoms with Gasteiger partial charge in [-0.1, -0.05) is 12.1 Å². The molecule has 2 aromatic rings. The minimum absolute atomic E-state index is 0.153. The number of carbonyl (C=O) groups is 5. The summed E-state index contributed by atoms with van der Waals surface area (Å²) in [5.74, 6) is -2.30. The number of imide groups is 1. The summed E-state index contributed by atoms with van der Waals surface area (Å²) in [4.78, 5) is 65.5. The van der Waals surface area contributed by atoms with Gasteiger partial charge in [-0.15, -0.1) is 11.3 Å². The van der Waals surface area contributed by atoms with E-state index in [-0.39, 0.29) is 34.8 Å². The van der Waals surface area contributed by atoms with Crippen molar-refractivity contribution in [3.05, 3.63) is 51.4 Å². The molecule has 2 aliphatic rings. The van der Waals surface area contributed by atoms with Crippen LogP contribution in [-0.2, 0) is 27.2 Å². The van der Waals surface area contributed by atoms with E-state index in [9.17, 15) is 24.0 Å². The molecular formula is C22H21N3O7S. The van der Waals surface area contributed by atoms with Crippen LogP contribution < -0.4 is 5.32 Å². The van der Waals surface area contributed by atoms with Crippen LogP contribution in [-0.4, -0.2) is 66.4 Å². The molecule has 1 aromatic carbocycles. The average Bonchev–Trinajstić information content (AvgIpc) is 3.28. The Hall–Kier alpha value is -3.73. The quantitative estimate of drug-likeness (QED) is 0.524. The molecule has 1 N–H and O–H groups in total. The van der Waals surface area contributed by atoms with Gasteiger partial charge in [0.25, 0.3) is 11.8 Å². The zero-order valence-corrected chi connectivity index (χ0v) is 18.8. The maximum atomic E-state index is 12.8. The van der Waals surface area contributed by atoms with Gasteiger partial charge in [0.05, 0.1) is 37.0 Å². The number of carbonyl (C=O) groups excluding carboxylic acids is 5. The molecule has 4 amide bonds. The highest BCUT2D eigenvalue weighted by Gasteiger charge is 2.37. The first-order valence-corrected chi connectivity index (χ1v) is 11.1. The van der Waals surface area contributed by atoms with Gasteiger partial charge in [-0.25, -0.2) is 9.59 Å². The Morgan fingerprint density at radius 3 is 2.39 bits per heavy atom. The molecule has 0 spiro atoms. The summed E-state index contributed by atoms with van der Waals surface area (Å²) in [7, 11) is 1.29. The fourth-order valence-electron chi connectivity index (χ4n) is 3.89. The second-order valence-corrected chi connectivity index (χ2v) is 8.47. The van der Waals surface area contributed by atoms with Crippen LogP contribution in [0.2, 0.25) is 0 Å². The van der Waals surface area contributed by atoms with E-state index in [4.69, 9.17) is 9.47 Å². The Balaban J connectivity index is 1.56. The van der Waals surface area contributed by atoms with E-state index in [2.05, 4.69) is 5.32 Å². The van der Waals surface area contributed by atoms with E-state index in [1.54, 1.807) is 19.1 Å². The first kappa shape index (κ1) is 22.5. The van der Waals surface area contributed by atoms with E-state index in [0.717, 1.165) is 21.1 Å². The van der Waals surface area contributed by atoms with E-state index < -0.39 is 36.3 Å². The highest BCUT2D eigenvalue weighted by molar-refractivity contribution is 7.17. The molecule has 172 valence electrons. The van der Waals surface area contributed by atoms with Crippen molar-refractivity contribution >= 4 is 46.1 Å². The monoisotopic (exact) mass is 471 g/mol. The van der Waals surface area contributed by atoms with Crippen molar-refractivity contribution in [3.63, 3.8) is 0 Å². The van der Waals surface area contributed by atoms with Gasteiger partial charge in [0.15, 0.2) is 0 Å². The number of ether oxygens (including phenoxy) is 2. The van der Waals surface area contributed by atoms with Crippen molar-refractivity contribution in [3.8, 4) is 0 Å². The van der Waals surface area contributed by atoms with Gasteiger partial charge in [0, 0.05) is 11.4 Å². The van der Waals surface area contributed by atoms with Gasteiger partial charge in [-0.2, -0.15) is 0 Å². The standard InChI is InChI=1S/C22H21N3O7S/c1-3-32-21(29)17-14-8-9-24(22(30)31-2)10-15(14)33-18(17)23-16(26)11-25-19(27)12-6-4-5-7-13(12)20(25)28/h4-7H,3,8-11H2,1-2H3,(H,23,26). The fourth-order valence-corrected chi connectivity index (χ4v) is 5.16. The Labute approximate surface area is 193 Å². The van der Waals surface area contributed by atoms with Crippen molar-refractivity contribution in [1.29, 1.82) is 0 Å². The topological polar surface area (TPSA) is 122 Å². The van der Waals surface area contributed by atoms with Crippen LogP contribution in [0, 0.1) is 0 Å². The van der Waals surface area contributed by atoms with E-state index in [1.807, 2.05) is 0 Å². The van der Waals surface area contributed by atoms with Crippen molar-refractivity contribution in [2.75, 3.05) is 32.1 Å². The number of rotatable bonds is 5. The Bertz CT molecular complexity index is 1140. The van der Waals surface area contributed by atoms with Crippen molar-refractivity contribution in [2.45, 2.75) is 19.9 Å². The maximum Gasteiger partial charge on any atom is 0.409 e. The molecule has 4 rings (SSSR count). The first-order valence-electron chi connectivity index (χ1n) is 10.2. The van der Waals surface area contributed by atoms with Gasteiger partial charge in [-0.3, -0.25) is 19.3 Å². The predicted molar refractivity (Wildman–Crippen MR) is 117 cm³/mol. The molecule has 10 nitrogen and oxygen atoms in total. The average molecular weight is 471 g/mol. The number of hydrogen-bond donors (Lipinski definition) is 1. The lowest BCUT2D eigenvalue weighted by Gasteiger charge is -2.25. The van der Waals surface area contributed by atoms with Gasteiger partial charge in [0.2, 0.25) is 5.91 Å². The molecule has 0 saturated carbocycles. The van der Waals surface area contributed by atoms with Gasteiger partial charge in [0.1, 0.15) is 11.5 Å². The van der Waals surface area contributed by atoms with E-state index in [0.29, 0.717) is 18.5 Å². The largest absolute Gasteiger partial charge is 0.462 e. The van der Waals surface area contributed by atoms with Crippen molar-refractivity contribution < 1.29 is 33.4 Å². The van der Waals surface area contributed by atoms with Crippen LogP contribution in [0.1, 0.15) is 48.4 Å². The lowest BCUT2D eigenvalue weighted by atomic mass is 10.0. The smallest absolute Gasteiger partial charge is 0.409 e. The summed E-state index contributed by atoms with van der Waals surface area (Å²) in [5.41, 5.74) is 1.43. The summed E-state index contributed by atoms with van der Waals surface area (Å²) >= 11 is 1.15. The van der Waals surface area contributed by atoms with Crippen LogP contribution in [0.15, 0.2) is 24.3 Å². The zero-order valence-electron chi connectivity index (χ0n) is 18.0. The summed E-state index contributed by atoms with van der Waals surface area (Å²) in [6.07, 6.45) is -0.0912. The minimum atomic E-state index is -0.626. The molecule has 11 heteroatoms. The third kappa shape index (κ3) is 4.07. The van der Waals surface area contributed by atoms with Crippen molar-refractivity contribution in [1.82, 2.24) is 9.80 Å². The molecule has 0 bridgehead atoms. The molecule has 0 radical (unpaired) electrons. The number of methoxy groups -OCH3 is 1. The molecule has 0 atom stereocenters. The number of nitrogens with zero attached hydrogens (tertiary/aromatic N) is 2. The number of nitrogens with one attached hydrogen (secondary N) is 1. The summed E-state index contributed by atoms with van der Waals surface area (Å²) in [5, 5.41) is 2.91. The molecule has 1 aromatic heterocycles. The molecule has 0 unspecified atom stereocenters. The lowest BCUT2D eigenvalue weighted by molar-refractivity contribution is -0.116. The van der Waals surface area contributed by atoms with Crippen molar-refractivity contribution in [2.24, 2.45) is 0 Å². The highest BCUT2D eigenvalue weighted by Crippen LogP contribution is 2.38. The minimum Gasteiger partial charge on any atom is -0.462 e. The third-order valence-electron chi connectivity index (χ3n) is 5.40. The maximum absolute atomic E-state index is 12.8. The summed E-state index contributed by atoms with van der Waals surface area (Å²) < 4.78 is 9.95. The SMILES string of the molecule is CCOC(=O)c1c(NC(=O)CN2C(=O)c3ccccc3C2=O)sc2c1CCN(C(=O)OC)C2.